The Bertz CT molecular complexity index is 163. The smallest absolute Gasteiger partial charge is 0.0925 e. The summed E-state index contributed by atoms with van der Waals surface area (Å²) in [7, 11) is 0. The van der Waals surface area contributed by atoms with Crippen LogP contribution >= 0.6 is 0 Å². The second kappa shape index (κ2) is 3.13. The minimum absolute atomic E-state index is 0.468. The third kappa shape index (κ3) is 2.17. The van der Waals surface area contributed by atoms with Crippen LogP contribution in [0, 0.1) is 0 Å². The van der Waals surface area contributed by atoms with Gasteiger partial charge >= 0.3 is 0 Å². The first kappa shape index (κ1) is 6.14. The van der Waals surface area contributed by atoms with E-state index in [4.69, 9.17) is 5.11 Å². The molecular weight excluding hydrogens is 112 g/mol. The first-order valence-electron chi connectivity index (χ1n) is 3.11. The van der Waals surface area contributed by atoms with Gasteiger partial charge < -0.3 is 5.11 Å². The molecule has 1 heteroatoms. The zero-order valence-electron chi connectivity index (χ0n) is 5.25. The average Bonchev–Trinajstić information content (AvgIpc) is 1.79. The maximum absolute atomic E-state index is 8.99. The Morgan fingerprint density at radius 3 is 3.00 bits per heavy atom. The molecule has 9 heavy (non-hydrogen) atoms. The molecule has 1 aliphatic carbocycles. The fourth-order valence-electron chi connectivity index (χ4n) is 0.720. The first-order valence-corrected chi connectivity index (χ1v) is 3.11. The van der Waals surface area contributed by atoms with Gasteiger partial charge in [-0.25, -0.2) is 0 Å². The van der Waals surface area contributed by atoms with Crippen molar-refractivity contribution < 1.29 is 5.11 Å². The fourth-order valence-corrected chi connectivity index (χ4v) is 0.720. The summed E-state index contributed by atoms with van der Waals surface area (Å²) < 4.78 is 0. The van der Waals surface area contributed by atoms with Crippen LogP contribution in [0.25, 0.3) is 0 Å². The number of hydrogen-bond acceptors (Lipinski definition) is 1. The molecule has 0 aromatic carbocycles. The van der Waals surface area contributed by atoms with Gasteiger partial charge in [0, 0.05) is 6.42 Å². The molecule has 0 atom stereocenters. The average molecular weight is 122 g/mol. The molecule has 0 saturated heterocycles. The molecule has 0 bridgehead atoms. The lowest BCUT2D eigenvalue weighted by Crippen LogP contribution is -1.79. The van der Waals surface area contributed by atoms with Gasteiger partial charge in [0.25, 0.3) is 0 Å². The highest BCUT2D eigenvalue weighted by molar-refractivity contribution is 5.15. The van der Waals surface area contributed by atoms with Gasteiger partial charge in [-0.05, 0) is 12.5 Å². The second-order valence-electron chi connectivity index (χ2n) is 2.01. The first-order chi connectivity index (χ1) is 4.39. The molecule has 1 rings (SSSR count). The van der Waals surface area contributed by atoms with E-state index in [1.807, 2.05) is 24.3 Å². The number of hydrogen-bond donors (Lipinski definition) is 1. The van der Waals surface area contributed by atoms with Gasteiger partial charge in [-0.3, -0.25) is 0 Å². The highest BCUT2D eigenvalue weighted by atomic mass is 16.3. The molecule has 0 heterocycles. The van der Waals surface area contributed by atoms with Crippen molar-refractivity contribution in [3.05, 3.63) is 36.1 Å². The molecule has 0 spiro atoms. The van der Waals surface area contributed by atoms with E-state index in [1.165, 1.54) is 0 Å². The van der Waals surface area contributed by atoms with E-state index in [2.05, 4.69) is 0 Å². The Hall–Kier alpha value is -0.980. The van der Waals surface area contributed by atoms with Crippen molar-refractivity contribution >= 4 is 0 Å². The largest absolute Gasteiger partial charge is 0.512 e. The van der Waals surface area contributed by atoms with Gasteiger partial charge in [0.1, 0.15) is 0 Å². The molecule has 48 valence electrons. The Balaban J connectivity index is 2.62. The van der Waals surface area contributed by atoms with E-state index < -0.39 is 0 Å². The molecule has 0 unspecified atom stereocenters. The molecule has 1 nitrogen and oxygen atoms in total. The molecule has 0 aromatic heterocycles. The lowest BCUT2D eigenvalue weighted by molar-refractivity contribution is 0.389. The number of allylic oxidation sites excluding steroid dienone is 6. The van der Waals surface area contributed by atoms with Crippen molar-refractivity contribution in [1.29, 1.82) is 0 Å². The summed E-state index contributed by atoms with van der Waals surface area (Å²) in [5.74, 6) is 0.468. The van der Waals surface area contributed by atoms with Gasteiger partial charge in [-0.2, -0.15) is 0 Å². The summed E-state index contributed by atoms with van der Waals surface area (Å²) in [5, 5.41) is 8.99. The maximum atomic E-state index is 8.99. The normalized spacial score (nSPS) is 31.3. The zero-order chi connectivity index (χ0) is 6.53. The third-order valence-electron chi connectivity index (χ3n) is 1.21. The lowest BCUT2D eigenvalue weighted by Gasteiger charge is -1.95. The van der Waals surface area contributed by atoms with E-state index >= 15 is 0 Å². The van der Waals surface area contributed by atoms with Crippen LogP contribution in [0.4, 0.5) is 0 Å². The molecule has 1 N–H and O–H groups in total. The van der Waals surface area contributed by atoms with Crippen LogP contribution in [0.15, 0.2) is 36.1 Å². The highest BCUT2D eigenvalue weighted by Crippen LogP contribution is 2.04. The van der Waals surface area contributed by atoms with Crippen molar-refractivity contribution in [2.75, 3.05) is 0 Å². The van der Waals surface area contributed by atoms with Crippen LogP contribution in [0.5, 0.6) is 0 Å². The lowest BCUT2D eigenvalue weighted by atomic mass is 10.2. The van der Waals surface area contributed by atoms with Crippen LogP contribution in [0.2, 0.25) is 0 Å². The summed E-state index contributed by atoms with van der Waals surface area (Å²) in [4.78, 5) is 0. The van der Waals surface area contributed by atoms with E-state index in [9.17, 15) is 0 Å². The molecular formula is C8H10O. The van der Waals surface area contributed by atoms with Gasteiger partial charge in [-0.15, -0.1) is 0 Å². The number of rotatable bonds is 0. The highest BCUT2D eigenvalue weighted by Gasteiger charge is 1.89. The van der Waals surface area contributed by atoms with E-state index in [0.29, 0.717) is 5.76 Å². The van der Waals surface area contributed by atoms with Gasteiger partial charge in [0.05, 0.1) is 5.76 Å². The summed E-state index contributed by atoms with van der Waals surface area (Å²) in [6.45, 7) is 0. The van der Waals surface area contributed by atoms with Crippen LogP contribution in [0.1, 0.15) is 12.8 Å². The minimum atomic E-state index is 0.468. The van der Waals surface area contributed by atoms with Crippen molar-refractivity contribution in [3.63, 3.8) is 0 Å². The Morgan fingerprint density at radius 2 is 2.11 bits per heavy atom. The summed E-state index contributed by atoms with van der Waals surface area (Å²) in [6, 6.07) is 0. The van der Waals surface area contributed by atoms with Crippen LogP contribution in [-0.2, 0) is 0 Å². The zero-order valence-corrected chi connectivity index (χ0v) is 5.25. The second-order valence-corrected chi connectivity index (χ2v) is 2.01. The Morgan fingerprint density at radius 1 is 1.22 bits per heavy atom. The van der Waals surface area contributed by atoms with E-state index in [1.54, 1.807) is 6.08 Å². The Labute approximate surface area is 55.0 Å². The predicted octanol–water partition coefficient (Wildman–Crippen LogP) is 2.33. The van der Waals surface area contributed by atoms with E-state index in [0.717, 1.165) is 12.8 Å². The van der Waals surface area contributed by atoms with Gasteiger partial charge in [-0.1, -0.05) is 24.3 Å². The van der Waals surface area contributed by atoms with Crippen LogP contribution in [-0.4, -0.2) is 5.11 Å². The van der Waals surface area contributed by atoms with Crippen LogP contribution in [0.3, 0.4) is 0 Å². The summed E-state index contributed by atoms with van der Waals surface area (Å²) in [6.07, 6.45) is 11.2. The number of aliphatic hydroxyl groups is 1. The molecule has 0 fully saturated rings. The van der Waals surface area contributed by atoms with Gasteiger partial charge in [0.15, 0.2) is 0 Å². The SMILES string of the molecule is O\C1=C/C=C/C=C/CC1. The predicted molar refractivity (Wildman–Crippen MR) is 38.2 cm³/mol. The molecule has 0 aromatic rings. The van der Waals surface area contributed by atoms with E-state index in [-0.39, 0.29) is 0 Å². The van der Waals surface area contributed by atoms with Crippen molar-refractivity contribution in [3.8, 4) is 0 Å². The van der Waals surface area contributed by atoms with Crippen LogP contribution < -0.4 is 0 Å². The summed E-state index contributed by atoms with van der Waals surface area (Å²) in [5.41, 5.74) is 0. The summed E-state index contributed by atoms with van der Waals surface area (Å²) >= 11 is 0. The topological polar surface area (TPSA) is 20.2 Å². The minimum Gasteiger partial charge on any atom is -0.512 e. The molecule has 0 radical (unpaired) electrons. The maximum Gasteiger partial charge on any atom is 0.0925 e. The molecule has 0 saturated carbocycles. The molecule has 0 amide bonds. The van der Waals surface area contributed by atoms with Crippen molar-refractivity contribution in [2.24, 2.45) is 0 Å². The monoisotopic (exact) mass is 122 g/mol. The third-order valence-corrected chi connectivity index (χ3v) is 1.21. The molecule has 0 aliphatic heterocycles. The van der Waals surface area contributed by atoms with Gasteiger partial charge in [0.2, 0.25) is 0 Å². The standard InChI is InChI=1S/C8H10O/c9-8-6-4-2-1-3-5-7-8/h1-4,6,9H,5,7H2/b3-1+,4-2+,8-6-. The van der Waals surface area contributed by atoms with Crippen molar-refractivity contribution in [2.45, 2.75) is 12.8 Å². The quantitative estimate of drug-likeness (QED) is 0.522. The van der Waals surface area contributed by atoms with Crippen molar-refractivity contribution in [1.82, 2.24) is 0 Å². The fraction of sp³-hybridized carbons (Fsp3) is 0.250. The molecule has 1 aliphatic rings. The Kier molecular flexibility index (Phi) is 2.13. The number of aliphatic hydroxyl groups excluding tert-OH is 1.